The van der Waals surface area contributed by atoms with E-state index >= 15 is 0 Å². The highest BCUT2D eigenvalue weighted by Crippen LogP contribution is 2.40. The number of aromatic nitrogens is 2. The van der Waals surface area contributed by atoms with Gasteiger partial charge in [0.05, 0.1) is 16.5 Å². The first-order chi connectivity index (χ1) is 10.7. The van der Waals surface area contributed by atoms with Crippen molar-refractivity contribution in [1.29, 1.82) is 0 Å². The van der Waals surface area contributed by atoms with Crippen LogP contribution in [-0.2, 0) is 0 Å². The molecule has 2 aromatic rings. The lowest BCUT2D eigenvalue weighted by Crippen LogP contribution is -2.42. The molecule has 23 heavy (non-hydrogen) atoms. The van der Waals surface area contributed by atoms with Crippen LogP contribution in [0.25, 0.3) is 11.1 Å². The zero-order valence-electron chi connectivity index (χ0n) is 13.8. The maximum absolute atomic E-state index is 12.7. The minimum absolute atomic E-state index is 0.0261. The van der Waals surface area contributed by atoms with Crippen molar-refractivity contribution in [2.75, 3.05) is 5.32 Å². The van der Waals surface area contributed by atoms with Crippen molar-refractivity contribution in [2.45, 2.75) is 51.6 Å². The van der Waals surface area contributed by atoms with Gasteiger partial charge in [0.15, 0.2) is 0 Å². The van der Waals surface area contributed by atoms with Crippen LogP contribution in [0.2, 0.25) is 0 Å². The van der Waals surface area contributed by atoms with E-state index in [-0.39, 0.29) is 11.4 Å². The molecule has 1 amide bonds. The minimum Gasteiger partial charge on any atom is -0.442 e. The van der Waals surface area contributed by atoms with Crippen LogP contribution in [0.5, 0.6) is 0 Å². The van der Waals surface area contributed by atoms with E-state index in [9.17, 15) is 4.79 Å². The SMILES string of the molecule is C#CC(C)(C)NC(=O)c1c(C)oc2ncnc(NC3(C)CC3)c12. The fourth-order valence-corrected chi connectivity index (χ4v) is 2.39. The number of aryl methyl sites for hydroxylation is 1. The largest absolute Gasteiger partial charge is 0.442 e. The molecular weight excluding hydrogens is 292 g/mol. The first kappa shape index (κ1) is 15.3. The van der Waals surface area contributed by atoms with E-state index in [2.05, 4.69) is 33.4 Å². The van der Waals surface area contributed by atoms with E-state index in [1.807, 2.05) is 0 Å². The molecule has 6 heteroatoms. The summed E-state index contributed by atoms with van der Waals surface area (Å²) in [6.45, 7) is 7.39. The van der Waals surface area contributed by atoms with Crippen LogP contribution in [0.1, 0.15) is 49.7 Å². The zero-order chi connectivity index (χ0) is 16.8. The Balaban J connectivity index is 2.07. The molecule has 2 aromatic heterocycles. The Morgan fingerprint density at radius 3 is 2.74 bits per heavy atom. The van der Waals surface area contributed by atoms with Gasteiger partial charge in [0.1, 0.15) is 17.9 Å². The molecule has 3 rings (SSSR count). The number of rotatable bonds is 4. The van der Waals surface area contributed by atoms with Gasteiger partial charge in [-0.2, -0.15) is 0 Å². The predicted molar refractivity (Wildman–Crippen MR) is 88.2 cm³/mol. The predicted octanol–water partition coefficient (Wildman–Crippen LogP) is 2.64. The van der Waals surface area contributed by atoms with Crippen LogP contribution < -0.4 is 10.6 Å². The number of hydrogen-bond donors (Lipinski definition) is 2. The lowest BCUT2D eigenvalue weighted by Gasteiger charge is -2.19. The third-order valence-electron chi connectivity index (χ3n) is 4.10. The average molecular weight is 312 g/mol. The Morgan fingerprint density at radius 2 is 2.13 bits per heavy atom. The Kier molecular flexibility index (Phi) is 3.33. The van der Waals surface area contributed by atoms with Crippen LogP contribution in [0.3, 0.4) is 0 Å². The Labute approximate surface area is 135 Å². The van der Waals surface area contributed by atoms with Gasteiger partial charge in [0, 0.05) is 5.54 Å². The summed E-state index contributed by atoms with van der Waals surface area (Å²) in [5.74, 6) is 3.38. The molecule has 2 heterocycles. The van der Waals surface area contributed by atoms with Gasteiger partial charge in [-0.1, -0.05) is 5.92 Å². The topological polar surface area (TPSA) is 80.1 Å². The van der Waals surface area contributed by atoms with E-state index in [1.165, 1.54) is 6.33 Å². The van der Waals surface area contributed by atoms with Gasteiger partial charge in [0.25, 0.3) is 5.91 Å². The third kappa shape index (κ3) is 2.87. The second kappa shape index (κ2) is 4.98. The monoisotopic (exact) mass is 312 g/mol. The summed E-state index contributed by atoms with van der Waals surface area (Å²) in [6.07, 6.45) is 9.03. The summed E-state index contributed by atoms with van der Waals surface area (Å²) in [4.78, 5) is 21.1. The summed E-state index contributed by atoms with van der Waals surface area (Å²) in [6, 6.07) is 0. The number of hydrogen-bond acceptors (Lipinski definition) is 5. The van der Waals surface area contributed by atoms with Gasteiger partial charge < -0.3 is 15.1 Å². The Bertz CT molecular complexity index is 825. The molecular formula is C17H20N4O2. The molecule has 0 unspecified atom stereocenters. The summed E-state index contributed by atoms with van der Waals surface area (Å²) in [5, 5.41) is 6.82. The molecule has 0 spiro atoms. The van der Waals surface area contributed by atoms with Gasteiger partial charge in [-0.15, -0.1) is 6.42 Å². The number of amides is 1. The summed E-state index contributed by atoms with van der Waals surface area (Å²) in [5.41, 5.74) is 0.0977. The van der Waals surface area contributed by atoms with Crippen molar-refractivity contribution < 1.29 is 9.21 Å². The maximum Gasteiger partial charge on any atom is 0.256 e. The van der Waals surface area contributed by atoms with E-state index in [0.29, 0.717) is 28.2 Å². The maximum atomic E-state index is 12.7. The molecule has 6 nitrogen and oxygen atoms in total. The number of furan rings is 1. The second-order valence-electron chi connectivity index (χ2n) is 6.84. The van der Waals surface area contributed by atoms with Gasteiger partial charge >= 0.3 is 0 Å². The molecule has 120 valence electrons. The summed E-state index contributed by atoms with van der Waals surface area (Å²) >= 11 is 0. The lowest BCUT2D eigenvalue weighted by atomic mass is 10.1. The van der Waals surface area contributed by atoms with E-state index in [4.69, 9.17) is 10.8 Å². The third-order valence-corrected chi connectivity index (χ3v) is 4.10. The number of nitrogens with one attached hydrogen (secondary N) is 2. The first-order valence-electron chi connectivity index (χ1n) is 7.57. The van der Waals surface area contributed by atoms with Crippen LogP contribution in [0.4, 0.5) is 5.82 Å². The molecule has 1 saturated carbocycles. The standard InChI is InChI=1S/C17H20N4O2/c1-6-16(3,4)21-14(22)11-10(2)23-15-12(11)13(18-9-19-15)20-17(5)7-8-17/h1,9H,7-8H2,2-5H3,(H,21,22)(H,18,19,20). The minimum atomic E-state index is -0.751. The first-order valence-corrected chi connectivity index (χ1v) is 7.57. The smallest absolute Gasteiger partial charge is 0.256 e. The molecule has 0 aliphatic heterocycles. The highest BCUT2D eigenvalue weighted by Gasteiger charge is 2.38. The molecule has 1 fully saturated rings. The number of carbonyl (C=O) groups is 1. The van der Waals surface area contributed by atoms with Crippen molar-refractivity contribution in [1.82, 2.24) is 15.3 Å². The van der Waals surface area contributed by atoms with Crippen LogP contribution >= 0.6 is 0 Å². The quantitative estimate of drug-likeness (QED) is 0.848. The van der Waals surface area contributed by atoms with Crippen LogP contribution in [0, 0.1) is 19.3 Å². The van der Waals surface area contributed by atoms with Gasteiger partial charge in [-0.05, 0) is 40.5 Å². The molecule has 2 N–H and O–H groups in total. The molecule has 0 saturated heterocycles. The molecule has 0 aromatic carbocycles. The Morgan fingerprint density at radius 1 is 1.43 bits per heavy atom. The van der Waals surface area contributed by atoms with Crippen molar-refractivity contribution in [3.63, 3.8) is 0 Å². The van der Waals surface area contributed by atoms with E-state index in [0.717, 1.165) is 12.8 Å². The summed E-state index contributed by atoms with van der Waals surface area (Å²) < 4.78 is 5.64. The highest BCUT2D eigenvalue weighted by molar-refractivity contribution is 6.10. The number of terminal acetylenes is 1. The van der Waals surface area contributed by atoms with Crippen molar-refractivity contribution in [2.24, 2.45) is 0 Å². The number of fused-ring (bicyclic) bond motifs is 1. The number of nitrogens with zero attached hydrogens (tertiary/aromatic N) is 2. The normalized spacial score (nSPS) is 16.0. The number of anilines is 1. The number of carbonyl (C=O) groups excluding carboxylic acids is 1. The van der Waals surface area contributed by atoms with E-state index in [1.54, 1.807) is 20.8 Å². The average Bonchev–Trinajstić information content (AvgIpc) is 3.07. The fourth-order valence-electron chi connectivity index (χ4n) is 2.39. The van der Waals surface area contributed by atoms with Gasteiger partial charge in [0.2, 0.25) is 5.71 Å². The summed E-state index contributed by atoms with van der Waals surface area (Å²) in [7, 11) is 0. The van der Waals surface area contributed by atoms with Gasteiger partial charge in [-0.3, -0.25) is 4.79 Å². The molecule has 0 atom stereocenters. The molecule has 1 aliphatic rings. The zero-order valence-corrected chi connectivity index (χ0v) is 13.8. The fraction of sp³-hybridized carbons (Fsp3) is 0.471. The van der Waals surface area contributed by atoms with E-state index < -0.39 is 5.54 Å². The molecule has 0 radical (unpaired) electrons. The van der Waals surface area contributed by atoms with Crippen molar-refractivity contribution >= 4 is 22.8 Å². The van der Waals surface area contributed by atoms with Crippen molar-refractivity contribution in [3.05, 3.63) is 17.7 Å². The van der Waals surface area contributed by atoms with Crippen molar-refractivity contribution in [3.8, 4) is 12.3 Å². The molecule has 1 aliphatic carbocycles. The van der Waals surface area contributed by atoms with Gasteiger partial charge in [-0.25, -0.2) is 9.97 Å². The van der Waals surface area contributed by atoms with Crippen LogP contribution in [0.15, 0.2) is 10.7 Å². The van der Waals surface area contributed by atoms with Crippen LogP contribution in [-0.4, -0.2) is 27.0 Å². The lowest BCUT2D eigenvalue weighted by molar-refractivity contribution is 0.0930. The molecule has 0 bridgehead atoms. The Hall–Kier alpha value is -2.55. The highest BCUT2D eigenvalue weighted by atomic mass is 16.3. The second-order valence-corrected chi connectivity index (χ2v) is 6.84.